The summed E-state index contributed by atoms with van der Waals surface area (Å²) < 4.78 is 1.84. The van der Waals surface area contributed by atoms with Gasteiger partial charge >= 0.3 is 0 Å². The maximum absolute atomic E-state index is 3.97. The number of nitrogens with zero attached hydrogens (tertiary/aromatic N) is 3. The first-order valence-corrected chi connectivity index (χ1v) is 6.73. The third-order valence-corrected chi connectivity index (χ3v) is 3.89. The number of hydrogen-bond donors (Lipinski definition) is 1. The molecule has 5 heteroatoms. The summed E-state index contributed by atoms with van der Waals surface area (Å²) >= 11 is 1.83. The highest BCUT2D eigenvalue weighted by Crippen LogP contribution is 2.19. The Hall–Kier alpha value is -1.20. The Bertz CT molecular complexity index is 435. The Balaban J connectivity index is 1.86. The van der Waals surface area contributed by atoms with Crippen LogP contribution in [-0.4, -0.2) is 22.0 Å². The Labute approximate surface area is 106 Å². The second kappa shape index (κ2) is 5.93. The molecule has 1 atom stereocenters. The van der Waals surface area contributed by atoms with E-state index in [9.17, 15) is 0 Å². The molecule has 0 aliphatic carbocycles. The molecule has 2 aromatic rings. The van der Waals surface area contributed by atoms with Gasteiger partial charge in [0.2, 0.25) is 0 Å². The third-order valence-electron chi connectivity index (χ3n) is 2.95. The van der Waals surface area contributed by atoms with E-state index in [4.69, 9.17) is 0 Å². The van der Waals surface area contributed by atoms with Crippen LogP contribution in [0.1, 0.15) is 29.5 Å². The van der Waals surface area contributed by atoms with Crippen LogP contribution < -0.4 is 5.32 Å². The van der Waals surface area contributed by atoms with Crippen molar-refractivity contribution in [3.63, 3.8) is 0 Å². The minimum absolute atomic E-state index is 0.343. The van der Waals surface area contributed by atoms with Crippen molar-refractivity contribution in [2.24, 2.45) is 7.05 Å². The second-order valence-corrected chi connectivity index (χ2v) is 5.13. The largest absolute Gasteiger partial charge is 0.312 e. The van der Waals surface area contributed by atoms with E-state index < -0.39 is 0 Å². The number of hydrogen-bond acceptors (Lipinski definition) is 4. The molecule has 0 amide bonds. The van der Waals surface area contributed by atoms with E-state index in [1.165, 1.54) is 11.3 Å². The van der Waals surface area contributed by atoms with Crippen molar-refractivity contribution in [1.29, 1.82) is 0 Å². The molecule has 2 aromatic heterocycles. The molecule has 0 saturated carbocycles. The fraction of sp³-hybridized carbons (Fsp3) is 0.500. The highest BCUT2D eigenvalue weighted by molar-refractivity contribution is 7.09. The lowest BCUT2D eigenvalue weighted by Gasteiger charge is -2.15. The molecular weight excluding hydrogens is 232 g/mol. The van der Waals surface area contributed by atoms with Gasteiger partial charge in [0.15, 0.2) is 0 Å². The number of aryl methyl sites for hydroxylation is 2. The third kappa shape index (κ3) is 3.14. The highest BCUT2D eigenvalue weighted by atomic mass is 32.1. The van der Waals surface area contributed by atoms with E-state index in [1.807, 2.05) is 36.3 Å². The highest BCUT2D eigenvalue weighted by Gasteiger charge is 2.13. The first-order valence-electron chi connectivity index (χ1n) is 5.85. The van der Waals surface area contributed by atoms with Crippen molar-refractivity contribution in [2.75, 3.05) is 7.05 Å². The molecule has 0 aliphatic rings. The van der Waals surface area contributed by atoms with Gasteiger partial charge in [-0.25, -0.2) is 0 Å². The Morgan fingerprint density at radius 1 is 1.53 bits per heavy atom. The van der Waals surface area contributed by atoms with E-state index in [2.05, 4.69) is 33.1 Å². The molecule has 1 unspecified atom stereocenters. The van der Waals surface area contributed by atoms with E-state index in [0.29, 0.717) is 6.04 Å². The summed E-state index contributed by atoms with van der Waals surface area (Å²) in [4.78, 5) is 1.46. The van der Waals surface area contributed by atoms with Gasteiger partial charge in [0.05, 0.1) is 17.9 Å². The molecule has 0 saturated heterocycles. The normalized spacial score (nSPS) is 12.8. The van der Waals surface area contributed by atoms with Gasteiger partial charge in [-0.15, -0.1) is 16.4 Å². The summed E-state index contributed by atoms with van der Waals surface area (Å²) in [6.45, 7) is 0. The molecule has 0 bridgehead atoms. The maximum atomic E-state index is 3.97. The lowest BCUT2D eigenvalue weighted by Crippen LogP contribution is -2.19. The zero-order chi connectivity index (χ0) is 12.1. The van der Waals surface area contributed by atoms with Crippen LogP contribution in [-0.2, 0) is 13.5 Å². The van der Waals surface area contributed by atoms with Crippen LogP contribution in [0.25, 0.3) is 0 Å². The van der Waals surface area contributed by atoms with Crippen molar-refractivity contribution < 1.29 is 0 Å². The molecule has 2 rings (SSSR count). The van der Waals surface area contributed by atoms with Gasteiger partial charge in [-0.05, 0) is 37.8 Å². The molecule has 17 heavy (non-hydrogen) atoms. The summed E-state index contributed by atoms with van der Waals surface area (Å²) in [6.07, 6.45) is 5.28. The quantitative estimate of drug-likeness (QED) is 0.854. The standard InChI is InChI=1S/C12H18N4S/c1-13-11(12-9-14-15-16(12)2)7-3-5-10-6-4-8-17-10/h4,6,8-9,11,13H,3,5,7H2,1-2H3. The number of rotatable bonds is 6. The lowest BCUT2D eigenvalue weighted by atomic mass is 10.1. The van der Waals surface area contributed by atoms with Crippen LogP contribution in [0.4, 0.5) is 0 Å². The maximum Gasteiger partial charge on any atom is 0.0753 e. The van der Waals surface area contributed by atoms with Crippen LogP contribution in [0, 0.1) is 0 Å². The van der Waals surface area contributed by atoms with Crippen molar-refractivity contribution in [3.8, 4) is 0 Å². The number of thiophene rings is 1. The van der Waals surface area contributed by atoms with Gasteiger partial charge in [-0.3, -0.25) is 4.68 Å². The average Bonchev–Trinajstić information content (AvgIpc) is 2.96. The van der Waals surface area contributed by atoms with Crippen molar-refractivity contribution in [1.82, 2.24) is 20.3 Å². The van der Waals surface area contributed by atoms with Crippen LogP contribution in [0.2, 0.25) is 0 Å². The SMILES string of the molecule is CNC(CCCc1cccs1)c1cnnn1C. The second-order valence-electron chi connectivity index (χ2n) is 4.10. The Morgan fingerprint density at radius 2 is 2.41 bits per heavy atom. The van der Waals surface area contributed by atoms with E-state index in [1.54, 1.807) is 0 Å². The van der Waals surface area contributed by atoms with E-state index >= 15 is 0 Å². The molecular formula is C12H18N4S. The summed E-state index contributed by atoms with van der Waals surface area (Å²) in [5, 5.41) is 13.4. The van der Waals surface area contributed by atoms with Gasteiger partial charge in [0.1, 0.15) is 0 Å². The van der Waals surface area contributed by atoms with Crippen molar-refractivity contribution >= 4 is 11.3 Å². The number of nitrogens with one attached hydrogen (secondary N) is 1. The monoisotopic (exact) mass is 250 g/mol. The van der Waals surface area contributed by atoms with Crippen molar-refractivity contribution in [3.05, 3.63) is 34.3 Å². The van der Waals surface area contributed by atoms with Crippen LogP contribution in [0.15, 0.2) is 23.7 Å². The molecule has 0 spiro atoms. The van der Waals surface area contributed by atoms with E-state index in [-0.39, 0.29) is 0 Å². The molecule has 92 valence electrons. The average molecular weight is 250 g/mol. The lowest BCUT2D eigenvalue weighted by molar-refractivity contribution is 0.490. The predicted molar refractivity (Wildman–Crippen MR) is 70.1 cm³/mol. The van der Waals surface area contributed by atoms with Crippen molar-refractivity contribution in [2.45, 2.75) is 25.3 Å². The summed E-state index contributed by atoms with van der Waals surface area (Å²) in [6, 6.07) is 4.65. The molecule has 0 fully saturated rings. The Morgan fingerprint density at radius 3 is 3.00 bits per heavy atom. The molecule has 0 aromatic carbocycles. The predicted octanol–water partition coefficient (Wildman–Crippen LogP) is 2.16. The Kier molecular flexibility index (Phi) is 4.28. The van der Waals surface area contributed by atoms with Gasteiger partial charge in [0, 0.05) is 11.9 Å². The summed E-state index contributed by atoms with van der Waals surface area (Å²) in [5.74, 6) is 0. The smallest absolute Gasteiger partial charge is 0.0753 e. The summed E-state index contributed by atoms with van der Waals surface area (Å²) in [7, 11) is 3.93. The fourth-order valence-electron chi connectivity index (χ4n) is 1.99. The fourth-order valence-corrected chi connectivity index (χ4v) is 2.74. The van der Waals surface area contributed by atoms with Gasteiger partial charge in [-0.2, -0.15) is 0 Å². The molecule has 1 N–H and O–H groups in total. The molecule has 4 nitrogen and oxygen atoms in total. The van der Waals surface area contributed by atoms with Crippen LogP contribution in [0.3, 0.4) is 0 Å². The van der Waals surface area contributed by atoms with Gasteiger partial charge in [-0.1, -0.05) is 11.3 Å². The minimum atomic E-state index is 0.343. The topological polar surface area (TPSA) is 42.7 Å². The van der Waals surface area contributed by atoms with E-state index in [0.717, 1.165) is 18.5 Å². The zero-order valence-electron chi connectivity index (χ0n) is 10.3. The van der Waals surface area contributed by atoms with Crippen LogP contribution in [0.5, 0.6) is 0 Å². The molecule has 0 radical (unpaired) electrons. The first kappa shape index (κ1) is 12.3. The minimum Gasteiger partial charge on any atom is -0.312 e. The van der Waals surface area contributed by atoms with Gasteiger partial charge in [0.25, 0.3) is 0 Å². The van der Waals surface area contributed by atoms with Crippen LogP contribution >= 0.6 is 11.3 Å². The molecule has 0 aliphatic heterocycles. The summed E-state index contributed by atoms with van der Waals surface area (Å²) in [5.41, 5.74) is 1.15. The molecule has 2 heterocycles. The first-order chi connectivity index (χ1) is 8.31. The zero-order valence-corrected chi connectivity index (χ0v) is 11.1. The van der Waals surface area contributed by atoms with Gasteiger partial charge < -0.3 is 5.32 Å². The number of aromatic nitrogens is 3.